The van der Waals surface area contributed by atoms with E-state index in [9.17, 15) is 13.2 Å². The number of benzene rings is 1. The molecule has 0 aromatic heterocycles. The molecule has 3 aliphatic carbocycles. The summed E-state index contributed by atoms with van der Waals surface area (Å²) in [6.07, 6.45) is 5.08. The lowest BCUT2D eigenvalue weighted by molar-refractivity contribution is -0.155. The van der Waals surface area contributed by atoms with Crippen molar-refractivity contribution in [1.29, 1.82) is 0 Å². The van der Waals surface area contributed by atoms with Gasteiger partial charge in [-0.15, -0.1) is 0 Å². The molecular weight excluding hydrogens is 372 g/mol. The number of amides is 1. The molecule has 1 saturated heterocycles. The second kappa shape index (κ2) is 7.13. The zero-order chi connectivity index (χ0) is 20.1. The SMILES string of the molecule is Cc1ccc(S(=O)(=O)N[C@H]2[C@@H](C(=O)N3CCCCC3)C[C@H]3C[C@@H]2C3(C)C)cc1. The second-order valence-corrected chi connectivity index (χ2v) is 11.3. The Kier molecular flexibility index (Phi) is 5.07. The van der Waals surface area contributed by atoms with Crippen LogP contribution in [0.3, 0.4) is 0 Å². The fraction of sp³-hybridized carbons (Fsp3) is 0.682. The number of fused-ring (bicyclic) bond motifs is 2. The van der Waals surface area contributed by atoms with Crippen LogP contribution in [-0.4, -0.2) is 38.4 Å². The molecule has 1 aromatic rings. The number of carbonyl (C=O) groups excluding carboxylic acids is 1. The molecular formula is C22H32N2O3S. The van der Waals surface area contributed by atoms with E-state index in [1.165, 1.54) is 6.42 Å². The van der Waals surface area contributed by atoms with Crippen LogP contribution >= 0.6 is 0 Å². The predicted octanol–water partition coefficient (Wildman–Crippen LogP) is 3.34. The van der Waals surface area contributed by atoms with Gasteiger partial charge in [0.2, 0.25) is 15.9 Å². The molecule has 1 amide bonds. The number of nitrogens with zero attached hydrogens (tertiary/aromatic N) is 1. The van der Waals surface area contributed by atoms with E-state index in [2.05, 4.69) is 18.6 Å². The lowest BCUT2D eigenvalue weighted by atomic mass is 9.45. The molecule has 0 spiro atoms. The van der Waals surface area contributed by atoms with Crippen LogP contribution in [0.15, 0.2) is 29.2 Å². The Morgan fingerprint density at radius 3 is 2.32 bits per heavy atom. The zero-order valence-corrected chi connectivity index (χ0v) is 18.0. The van der Waals surface area contributed by atoms with Crippen molar-refractivity contribution in [3.8, 4) is 0 Å². The number of piperidine rings is 1. The van der Waals surface area contributed by atoms with Gasteiger partial charge in [0.05, 0.1) is 10.8 Å². The van der Waals surface area contributed by atoms with Gasteiger partial charge in [0.15, 0.2) is 0 Å². The third-order valence-electron chi connectivity index (χ3n) is 7.56. The standard InChI is InChI=1S/C22H32N2O3S/c1-15-7-9-17(10-8-15)28(26,27)23-20-18(13-16-14-19(20)22(16,2)3)21(25)24-11-5-4-6-12-24/h7-10,16,18-20,23H,4-6,11-14H2,1-3H3/t16-,18-,19-,20-/m0/s1. The summed E-state index contributed by atoms with van der Waals surface area (Å²) >= 11 is 0. The summed E-state index contributed by atoms with van der Waals surface area (Å²) in [5.41, 5.74) is 1.11. The van der Waals surface area contributed by atoms with Crippen molar-refractivity contribution < 1.29 is 13.2 Å². The second-order valence-electron chi connectivity index (χ2n) is 9.55. The van der Waals surface area contributed by atoms with Crippen LogP contribution in [0.2, 0.25) is 0 Å². The average Bonchev–Trinajstić information content (AvgIpc) is 2.68. The van der Waals surface area contributed by atoms with Crippen LogP contribution < -0.4 is 4.72 Å². The topological polar surface area (TPSA) is 66.5 Å². The van der Waals surface area contributed by atoms with Crippen LogP contribution in [0, 0.1) is 30.1 Å². The van der Waals surface area contributed by atoms with Gasteiger partial charge in [-0.2, -0.15) is 0 Å². The quantitative estimate of drug-likeness (QED) is 0.837. The molecule has 4 fully saturated rings. The highest BCUT2D eigenvalue weighted by Crippen LogP contribution is 2.61. The molecule has 5 nitrogen and oxygen atoms in total. The monoisotopic (exact) mass is 404 g/mol. The van der Waals surface area contributed by atoms with Gasteiger partial charge in [0, 0.05) is 19.1 Å². The van der Waals surface area contributed by atoms with E-state index < -0.39 is 10.0 Å². The maximum atomic E-state index is 13.3. The van der Waals surface area contributed by atoms with Gasteiger partial charge in [-0.1, -0.05) is 31.5 Å². The van der Waals surface area contributed by atoms with Crippen LogP contribution in [-0.2, 0) is 14.8 Å². The normalized spacial score (nSPS) is 31.9. The van der Waals surface area contributed by atoms with E-state index in [-0.39, 0.29) is 34.1 Å². The average molecular weight is 405 g/mol. The molecule has 2 bridgehead atoms. The lowest BCUT2D eigenvalue weighted by Gasteiger charge is -2.62. The highest BCUT2D eigenvalue weighted by molar-refractivity contribution is 7.89. The minimum atomic E-state index is -3.65. The van der Waals surface area contributed by atoms with E-state index in [0.29, 0.717) is 5.92 Å². The van der Waals surface area contributed by atoms with Crippen molar-refractivity contribution in [2.24, 2.45) is 23.2 Å². The first-order chi connectivity index (χ1) is 13.2. The minimum absolute atomic E-state index is 0.0825. The summed E-state index contributed by atoms with van der Waals surface area (Å²) in [5.74, 6) is 0.637. The van der Waals surface area contributed by atoms with Gasteiger partial charge in [0.25, 0.3) is 0 Å². The highest BCUT2D eigenvalue weighted by Gasteiger charge is 2.60. The van der Waals surface area contributed by atoms with Gasteiger partial charge in [-0.05, 0) is 68.4 Å². The number of rotatable bonds is 4. The Morgan fingerprint density at radius 1 is 1.07 bits per heavy atom. The van der Waals surface area contributed by atoms with E-state index >= 15 is 0 Å². The first-order valence-electron chi connectivity index (χ1n) is 10.6. The van der Waals surface area contributed by atoms with Crippen molar-refractivity contribution in [1.82, 2.24) is 9.62 Å². The molecule has 1 aliphatic heterocycles. The fourth-order valence-electron chi connectivity index (χ4n) is 5.53. The Balaban J connectivity index is 1.60. The third-order valence-corrected chi connectivity index (χ3v) is 9.03. The Morgan fingerprint density at radius 2 is 1.71 bits per heavy atom. The highest BCUT2D eigenvalue weighted by atomic mass is 32.2. The van der Waals surface area contributed by atoms with Crippen molar-refractivity contribution in [3.05, 3.63) is 29.8 Å². The number of sulfonamides is 1. The van der Waals surface area contributed by atoms with Crippen molar-refractivity contribution in [2.75, 3.05) is 13.1 Å². The largest absolute Gasteiger partial charge is 0.342 e. The smallest absolute Gasteiger partial charge is 0.240 e. The zero-order valence-electron chi connectivity index (χ0n) is 17.1. The number of aryl methyl sites for hydroxylation is 1. The molecule has 154 valence electrons. The summed E-state index contributed by atoms with van der Waals surface area (Å²) in [6.45, 7) is 8.01. The van der Waals surface area contributed by atoms with Crippen molar-refractivity contribution >= 4 is 15.9 Å². The van der Waals surface area contributed by atoms with Gasteiger partial charge in [-0.25, -0.2) is 13.1 Å². The maximum absolute atomic E-state index is 13.3. The summed E-state index contributed by atoms with van der Waals surface area (Å²) in [6, 6.07) is 6.61. The fourth-order valence-corrected chi connectivity index (χ4v) is 6.85. The molecule has 4 atom stereocenters. The maximum Gasteiger partial charge on any atom is 0.240 e. The lowest BCUT2D eigenvalue weighted by Crippen LogP contribution is -2.66. The number of nitrogens with one attached hydrogen (secondary N) is 1. The third kappa shape index (κ3) is 3.39. The van der Waals surface area contributed by atoms with Crippen LogP contribution in [0.5, 0.6) is 0 Å². The van der Waals surface area contributed by atoms with Crippen LogP contribution in [0.4, 0.5) is 0 Å². The Hall–Kier alpha value is -1.40. The molecule has 1 N–H and O–H groups in total. The van der Waals surface area contributed by atoms with Gasteiger partial charge in [-0.3, -0.25) is 4.79 Å². The molecule has 0 radical (unpaired) electrons. The molecule has 4 aliphatic rings. The summed E-state index contributed by atoms with van der Waals surface area (Å²) in [4.78, 5) is 15.5. The summed E-state index contributed by atoms with van der Waals surface area (Å²) in [5, 5.41) is 0. The van der Waals surface area contributed by atoms with Gasteiger partial charge < -0.3 is 4.90 Å². The Bertz CT molecular complexity index is 841. The van der Waals surface area contributed by atoms with E-state index in [0.717, 1.165) is 44.3 Å². The molecule has 0 unspecified atom stereocenters. The molecule has 28 heavy (non-hydrogen) atoms. The van der Waals surface area contributed by atoms with Crippen molar-refractivity contribution in [3.63, 3.8) is 0 Å². The van der Waals surface area contributed by atoms with E-state index in [1.54, 1.807) is 12.1 Å². The number of likely N-dealkylation sites (tertiary alicyclic amines) is 1. The predicted molar refractivity (Wildman–Crippen MR) is 109 cm³/mol. The minimum Gasteiger partial charge on any atom is -0.342 e. The number of carbonyl (C=O) groups is 1. The molecule has 5 rings (SSSR count). The number of hydrogen-bond donors (Lipinski definition) is 1. The Labute approximate surface area is 168 Å². The van der Waals surface area contributed by atoms with E-state index in [1.807, 2.05) is 24.0 Å². The van der Waals surface area contributed by atoms with Crippen LogP contribution in [0.1, 0.15) is 51.5 Å². The molecule has 3 saturated carbocycles. The van der Waals surface area contributed by atoms with Crippen molar-refractivity contribution in [2.45, 2.75) is 63.8 Å². The molecule has 1 aromatic carbocycles. The first kappa shape index (κ1) is 19.9. The molecule has 1 heterocycles. The summed E-state index contributed by atoms with van der Waals surface area (Å²) in [7, 11) is -3.65. The van der Waals surface area contributed by atoms with Crippen LogP contribution in [0.25, 0.3) is 0 Å². The summed E-state index contributed by atoms with van der Waals surface area (Å²) < 4.78 is 29.2. The molecule has 6 heteroatoms. The first-order valence-corrected chi connectivity index (χ1v) is 12.1. The van der Waals surface area contributed by atoms with Gasteiger partial charge >= 0.3 is 0 Å². The number of hydrogen-bond acceptors (Lipinski definition) is 3. The van der Waals surface area contributed by atoms with Gasteiger partial charge in [0.1, 0.15) is 0 Å². The van der Waals surface area contributed by atoms with E-state index in [4.69, 9.17) is 0 Å².